The van der Waals surface area contributed by atoms with Gasteiger partial charge in [0.25, 0.3) is 0 Å². The first-order chi connectivity index (χ1) is 8.79. The van der Waals surface area contributed by atoms with Crippen LogP contribution in [0.25, 0.3) is 0 Å². The van der Waals surface area contributed by atoms with Crippen molar-refractivity contribution in [3.05, 3.63) is 58.9 Å². The molecule has 18 heavy (non-hydrogen) atoms. The number of hydrogen-bond acceptors (Lipinski definition) is 1. The Kier molecular flexibility index (Phi) is 4.85. The van der Waals surface area contributed by atoms with Crippen LogP contribution in [0, 0.1) is 0 Å². The molecule has 2 rings (SSSR count). The third-order valence-corrected chi connectivity index (χ3v) is 3.19. The van der Waals surface area contributed by atoms with Crippen LogP contribution in [0.4, 0.5) is 0 Å². The van der Waals surface area contributed by atoms with Gasteiger partial charge in [-0.15, -0.1) is 0 Å². The molecular formula is C15H19ClN2. The van der Waals surface area contributed by atoms with E-state index in [1.165, 1.54) is 17.7 Å². The highest BCUT2D eigenvalue weighted by atomic mass is 35.5. The molecule has 0 atom stereocenters. The van der Waals surface area contributed by atoms with Crippen LogP contribution < -0.4 is 5.32 Å². The number of nitrogens with one attached hydrogen (secondary N) is 1. The summed E-state index contributed by atoms with van der Waals surface area (Å²) in [6.45, 7) is 5.06. The topological polar surface area (TPSA) is 17.0 Å². The number of nitrogens with zero attached hydrogens (tertiary/aromatic N) is 1. The van der Waals surface area contributed by atoms with Gasteiger partial charge in [0.15, 0.2) is 0 Å². The fraction of sp³-hybridized carbons (Fsp3) is 0.333. The largest absolute Gasteiger partial charge is 0.350 e. The summed E-state index contributed by atoms with van der Waals surface area (Å²) in [7, 11) is 0. The van der Waals surface area contributed by atoms with Crippen molar-refractivity contribution in [2.24, 2.45) is 0 Å². The molecule has 0 amide bonds. The summed E-state index contributed by atoms with van der Waals surface area (Å²) in [5, 5.41) is 4.25. The van der Waals surface area contributed by atoms with Crippen LogP contribution in [0.5, 0.6) is 0 Å². The molecule has 3 heteroatoms. The predicted octanol–water partition coefficient (Wildman–Crippen LogP) is 3.84. The van der Waals surface area contributed by atoms with Gasteiger partial charge in [-0.3, -0.25) is 0 Å². The Morgan fingerprint density at radius 2 is 1.89 bits per heavy atom. The maximum Gasteiger partial charge on any atom is 0.0406 e. The first-order valence-corrected chi connectivity index (χ1v) is 6.76. The lowest BCUT2D eigenvalue weighted by atomic mass is 10.2. The molecule has 1 N–H and O–H groups in total. The Bertz CT molecular complexity index is 473. The molecule has 0 spiro atoms. The van der Waals surface area contributed by atoms with Gasteiger partial charge in [-0.2, -0.15) is 0 Å². The molecule has 1 heterocycles. The van der Waals surface area contributed by atoms with Crippen LogP contribution in [0.15, 0.2) is 42.6 Å². The first kappa shape index (κ1) is 13.2. The first-order valence-electron chi connectivity index (χ1n) is 6.39. The Hall–Kier alpha value is -1.25. The maximum absolute atomic E-state index is 5.86. The van der Waals surface area contributed by atoms with Gasteiger partial charge in [0, 0.05) is 36.5 Å². The molecule has 2 aromatic rings. The van der Waals surface area contributed by atoms with Gasteiger partial charge in [0.2, 0.25) is 0 Å². The highest BCUT2D eigenvalue weighted by Gasteiger charge is 1.99. The molecule has 0 aliphatic rings. The minimum absolute atomic E-state index is 0.788. The lowest BCUT2D eigenvalue weighted by molar-refractivity contribution is 0.602. The molecule has 96 valence electrons. The number of rotatable bonds is 6. The van der Waals surface area contributed by atoms with E-state index in [0.29, 0.717) is 0 Å². The minimum Gasteiger partial charge on any atom is -0.350 e. The monoisotopic (exact) mass is 262 g/mol. The van der Waals surface area contributed by atoms with Crippen molar-refractivity contribution < 1.29 is 0 Å². The van der Waals surface area contributed by atoms with Crippen LogP contribution in [0.2, 0.25) is 5.02 Å². The maximum atomic E-state index is 5.86. The second-order valence-corrected chi connectivity index (χ2v) is 4.86. The average Bonchev–Trinajstić information content (AvgIpc) is 2.80. The van der Waals surface area contributed by atoms with E-state index in [9.17, 15) is 0 Å². The van der Waals surface area contributed by atoms with Crippen LogP contribution in [-0.2, 0) is 19.6 Å². The Balaban J connectivity index is 1.84. The summed E-state index contributed by atoms with van der Waals surface area (Å²) < 4.78 is 2.30. The van der Waals surface area contributed by atoms with Crippen LogP contribution in [-0.4, -0.2) is 4.57 Å². The molecule has 0 unspecified atom stereocenters. The second-order valence-electron chi connectivity index (χ2n) is 4.42. The zero-order chi connectivity index (χ0) is 12.8. The summed E-state index contributed by atoms with van der Waals surface area (Å²) >= 11 is 5.86. The van der Waals surface area contributed by atoms with Crippen molar-refractivity contribution in [1.29, 1.82) is 0 Å². The number of benzene rings is 1. The van der Waals surface area contributed by atoms with E-state index in [4.69, 9.17) is 11.6 Å². The van der Waals surface area contributed by atoms with Crippen molar-refractivity contribution in [3.8, 4) is 0 Å². The minimum atomic E-state index is 0.788. The van der Waals surface area contributed by atoms with Crippen molar-refractivity contribution in [3.63, 3.8) is 0 Å². The second kappa shape index (κ2) is 6.62. The molecule has 0 aliphatic heterocycles. The van der Waals surface area contributed by atoms with Gasteiger partial charge < -0.3 is 9.88 Å². The van der Waals surface area contributed by atoms with E-state index in [1.54, 1.807) is 0 Å². The smallest absolute Gasteiger partial charge is 0.0406 e. The number of halogens is 1. The number of hydrogen-bond donors (Lipinski definition) is 1. The standard InChI is InChI=1S/C15H19ClN2/c1-2-9-18-10-3-4-15(18)12-17-11-13-5-7-14(16)8-6-13/h3-8,10,17H,2,9,11-12H2,1H3. The zero-order valence-corrected chi connectivity index (χ0v) is 11.5. The lowest BCUT2D eigenvalue weighted by Crippen LogP contribution is -2.15. The van der Waals surface area contributed by atoms with Gasteiger partial charge >= 0.3 is 0 Å². The third kappa shape index (κ3) is 3.62. The van der Waals surface area contributed by atoms with Crippen LogP contribution >= 0.6 is 11.6 Å². The van der Waals surface area contributed by atoms with E-state index in [1.807, 2.05) is 12.1 Å². The third-order valence-electron chi connectivity index (χ3n) is 2.94. The Morgan fingerprint density at radius 3 is 2.61 bits per heavy atom. The fourth-order valence-corrected chi connectivity index (χ4v) is 2.13. The molecular weight excluding hydrogens is 244 g/mol. The Morgan fingerprint density at radius 1 is 1.11 bits per heavy atom. The summed E-state index contributed by atoms with van der Waals surface area (Å²) in [4.78, 5) is 0. The molecule has 0 saturated heterocycles. The van der Waals surface area contributed by atoms with E-state index in [0.717, 1.165) is 24.7 Å². The van der Waals surface area contributed by atoms with Crippen LogP contribution in [0.3, 0.4) is 0 Å². The van der Waals surface area contributed by atoms with E-state index in [-0.39, 0.29) is 0 Å². The van der Waals surface area contributed by atoms with Crippen LogP contribution in [0.1, 0.15) is 24.6 Å². The van der Waals surface area contributed by atoms with Gasteiger partial charge in [-0.1, -0.05) is 30.7 Å². The number of aromatic nitrogens is 1. The van der Waals surface area contributed by atoms with E-state index < -0.39 is 0 Å². The summed E-state index contributed by atoms with van der Waals surface area (Å²) in [5.41, 5.74) is 2.60. The summed E-state index contributed by atoms with van der Waals surface area (Å²) in [5.74, 6) is 0. The average molecular weight is 263 g/mol. The summed E-state index contributed by atoms with van der Waals surface area (Å²) in [6, 6.07) is 12.2. The highest BCUT2D eigenvalue weighted by molar-refractivity contribution is 6.30. The molecule has 0 fully saturated rings. The normalized spacial score (nSPS) is 10.8. The zero-order valence-electron chi connectivity index (χ0n) is 10.7. The predicted molar refractivity (Wildman–Crippen MR) is 76.7 cm³/mol. The SMILES string of the molecule is CCCn1cccc1CNCc1ccc(Cl)cc1. The molecule has 1 aromatic carbocycles. The van der Waals surface area contributed by atoms with E-state index in [2.05, 4.69) is 47.3 Å². The van der Waals surface area contributed by atoms with Gasteiger partial charge in [-0.05, 0) is 36.2 Å². The van der Waals surface area contributed by atoms with Crippen molar-refractivity contribution in [2.45, 2.75) is 33.0 Å². The Labute approximate surface area is 114 Å². The number of aryl methyl sites for hydroxylation is 1. The summed E-state index contributed by atoms with van der Waals surface area (Å²) in [6.07, 6.45) is 3.31. The molecule has 0 bridgehead atoms. The van der Waals surface area contributed by atoms with Crippen molar-refractivity contribution in [2.75, 3.05) is 0 Å². The van der Waals surface area contributed by atoms with E-state index >= 15 is 0 Å². The van der Waals surface area contributed by atoms with Crippen molar-refractivity contribution in [1.82, 2.24) is 9.88 Å². The lowest BCUT2D eigenvalue weighted by Gasteiger charge is -2.09. The molecule has 1 aromatic heterocycles. The quantitative estimate of drug-likeness (QED) is 0.837. The highest BCUT2D eigenvalue weighted by Crippen LogP contribution is 2.09. The van der Waals surface area contributed by atoms with Gasteiger partial charge in [0.1, 0.15) is 0 Å². The molecule has 0 saturated carbocycles. The van der Waals surface area contributed by atoms with Gasteiger partial charge in [0.05, 0.1) is 0 Å². The molecule has 2 nitrogen and oxygen atoms in total. The van der Waals surface area contributed by atoms with Gasteiger partial charge in [-0.25, -0.2) is 0 Å². The fourth-order valence-electron chi connectivity index (χ4n) is 2.01. The van der Waals surface area contributed by atoms with Crippen molar-refractivity contribution >= 4 is 11.6 Å². The molecule has 0 aliphatic carbocycles. The molecule has 0 radical (unpaired) electrons.